The van der Waals surface area contributed by atoms with E-state index in [2.05, 4.69) is 17.1 Å². The topological polar surface area (TPSA) is 58.4 Å². The highest BCUT2D eigenvalue weighted by Gasteiger charge is 2.24. The van der Waals surface area contributed by atoms with E-state index in [1.54, 1.807) is 18.2 Å². The number of rotatable bonds is 3. The smallest absolute Gasteiger partial charge is 0.238 e. The third kappa shape index (κ3) is 5.31. The van der Waals surface area contributed by atoms with Gasteiger partial charge in [-0.1, -0.05) is 30.1 Å². The maximum atomic E-state index is 12.0. The largest absolute Gasteiger partial charge is 0.327 e. The fourth-order valence-corrected chi connectivity index (χ4v) is 2.67. The Balaban J connectivity index is 0.00000220. The van der Waals surface area contributed by atoms with Crippen molar-refractivity contribution < 1.29 is 4.79 Å². The van der Waals surface area contributed by atoms with Crippen molar-refractivity contribution in [1.29, 1.82) is 0 Å². The monoisotopic (exact) mass is 351 g/mol. The first-order chi connectivity index (χ1) is 9.45. The molecule has 0 aliphatic carbocycles. The highest BCUT2D eigenvalue weighted by atomic mass is 35.5. The summed E-state index contributed by atoms with van der Waals surface area (Å²) in [6.45, 7) is 4.21. The molecule has 0 spiro atoms. The van der Waals surface area contributed by atoms with E-state index in [1.165, 1.54) is 0 Å². The van der Waals surface area contributed by atoms with Crippen LogP contribution in [0.5, 0.6) is 0 Å². The van der Waals surface area contributed by atoms with Gasteiger partial charge in [0.2, 0.25) is 5.91 Å². The first-order valence-corrected chi connectivity index (χ1v) is 7.44. The van der Waals surface area contributed by atoms with Gasteiger partial charge in [0, 0.05) is 24.8 Å². The molecule has 0 bridgehead atoms. The lowest BCUT2D eigenvalue weighted by molar-refractivity contribution is -0.117. The fourth-order valence-electron chi connectivity index (χ4n) is 2.37. The van der Waals surface area contributed by atoms with E-state index in [9.17, 15) is 4.79 Å². The molecule has 0 saturated carbocycles. The summed E-state index contributed by atoms with van der Waals surface area (Å²) in [6.07, 6.45) is 0.932. The Kier molecular flexibility index (Phi) is 7.24. The molecule has 118 valence electrons. The Hall–Kier alpha value is -0.520. The van der Waals surface area contributed by atoms with Gasteiger partial charge in [-0.05, 0) is 30.5 Å². The number of carbonyl (C=O) groups excluding carboxylic acids is 1. The Morgan fingerprint density at radius 2 is 2.14 bits per heavy atom. The molecule has 1 aromatic rings. The lowest BCUT2D eigenvalue weighted by Gasteiger charge is -2.34. The Morgan fingerprint density at radius 3 is 2.76 bits per heavy atom. The van der Waals surface area contributed by atoms with Crippen LogP contribution in [0.3, 0.4) is 0 Å². The maximum absolute atomic E-state index is 12.0. The number of anilines is 1. The zero-order chi connectivity index (χ0) is 14.7. The average molecular weight is 353 g/mol. The van der Waals surface area contributed by atoms with E-state index in [4.69, 9.17) is 28.9 Å². The maximum Gasteiger partial charge on any atom is 0.238 e. The van der Waals surface area contributed by atoms with Gasteiger partial charge >= 0.3 is 0 Å². The quantitative estimate of drug-likeness (QED) is 0.879. The number of nitrogens with one attached hydrogen (secondary N) is 1. The van der Waals surface area contributed by atoms with E-state index >= 15 is 0 Å². The van der Waals surface area contributed by atoms with Crippen molar-refractivity contribution >= 4 is 47.2 Å². The van der Waals surface area contributed by atoms with Crippen LogP contribution in [0.15, 0.2) is 18.2 Å². The number of nitrogens with zero attached hydrogens (tertiary/aromatic N) is 1. The number of amides is 1. The zero-order valence-electron chi connectivity index (χ0n) is 11.8. The molecule has 1 amide bonds. The molecule has 4 nitrogen and oxygen atoms in total. The van der Waals surface area contributed by atoms with Crippen molar-refractivity contribution in [3.05, 3.63) is 28.2 Å². The van der Waals surface area contributed by atoms with Crippen molar-refractivity contribution in [2.75, 3.05) is 25.0 Å². The summed E-state index contributed by atoms with van der Waals surface area (Å²) in [4.78, 5) is 14.1. The normalized spacial score (nSPS) is 22.5. The van der Waals surface area contributed by atoms with Gasteiger partial charge in [-0.2, -0.15) is 0 Å². The van der Waals surface area contributed by atoms with Crippen LogP contribution in [0.4, 0.5) is 5.69 Å². The summed E-state index contributed by atoms with van der Waals surface area (Å²) in [5.74, 6) is 0.368. The van der Waals surface area contributed by atoms with Crippen molar-refractivity contribution in [3.8, 4) is 0 Å². The molecule has 21 heavy (non-hydrogen) atoms. The minimum atomic E-state index is -0.0499. The van der Waals surface area contributed by atoms with Crippen molar-refractivity contribution in [3.63, 3.8) is 0 Å². The van der Waals surface area contributed by atoms with Gasteiger partial charge in [-0.25, -0.2) is 0 Å². The number of hydrogen-bond donors (Lipinski definition) is 2. The molecule has 7 heteroatoms. The van der Waals surface area contributed by atoms with E-state index < -0.39 is 0 Å². The van der Waals surface area contributed by atoms with Gasteiger partial charge in [-0.15, -0.1) is 12.4 Å². The van der Waals surface area contributed by atoms with Crippen LogP contribution in [-0.4, -0.2) is 36.5 Å². The standard InChI is InChI=1S/C14H19Cl2N3O.ClH/c1-9-7-19(5-4-13(9)17)8-14(20)18-10-2-3-11(15)12(16)6-10;/h2-3,6,9,13H,4-5,7-8,17H2,1H3,(H,18,20);1H. The van der Waals surface area contributed by atoms with Gasteiger partial charge < -0.3 is 11.1 Å². The second-order valence-electron chi connectivity index (χ2n) is 5.34. The Bertz CT molecular complexity index is 498. The Labute approximate surface area is 141 Å². The zero-order valence-corrected chi connectivity index (χ0v) is 14.1. The first-order valence-electron chi connectivity index (χ1n) is 6.68. The molecular formula is C14H20Cl3N3O. The van der Waals surface area contributed by atoms with E-state index in [-0.39, 0.29) is 24.4 Å². The molecule has 1 saturated heterocycles. The molecular weight excluding hydrogens is 333 g/mol. The number of nitrogens with two attached hydrogens (primary N) is 1. The summed E-state index contributed by atoms with van der Waals surface area (Å²) < 4.78 is 0. The van der Waals surface area contributed by atoms with E-state index in [0.717, 1.165) is 19.5 Å². The molecule has 1 heterocycles. The molecule has 1 fully saturated rings. The Morgan fingerprint density at radius 1 is 1.43 bits per heavy atom. The summed E-state index contributed by atoms with van der Waals surface area (Å²) in [5, 5.41) is 3.74. The van der Waals surface area contributed by atoms with Crippen LogP contribution in [0.2, 0.25) is 10.0 Å². The molecule has 1 aliphatic rings. The molecule has 2 atom stereocenters. The van der Waals surface area contributed by atoms with Crippen molar-refractivity contribution in [2.45, 2.75) is 19.4 Å². The number of halogens is 3. The number of benzene rings is 1. The highest BCUT2D eigenvalue weighted by Crippen LogP contribution is 2.25. The van der Waals surface area contributed by atoms with Gasteiger partial charge in [0.1, 0.15) is 0 Å². The predicted octanol–water partition coefficient (Wildman–Crippen LogP) is 3.02. The number of carbonyl (C=O) groups is 1. The summed E-state index contributed by atoms with van der Waals surface area (Å²) >= 11 is 11.8. The summed E-state index contributed by atoms with van der Waals surface area (Å²) in [6, 6.07) is 5.29. The SMILES string of the molecule is CC1CN(CC(=O)Nc2ccc(Cl)c(Cl)c2)CCC1N.Cl. The molecule has 3 N–H and O–H groups in total. The van der Waals surface area contributed by atoms with Gasteiger partial charge in [0.15, 0.2) is 0 Å². The second kappa shape index (κ2) is 8.20. The lowest BCUT2D eigenvalue weighted by atomic mass is 9.95. The van der Waals surface area contributed by atoms with Gasteiger partial charge in [-0.3, -0.25) is 9.69 Å². The molecule has 0 aromatic heterocycles. The van der Waals surface area contributed by atoms with Crippen molar-refractivity contribution in [2.24, 2.45) is 11.7 Å². The second-order valence-corrected chi connectivity index (χ2v) is 6.16. The molecule has 2 unspecified atom stereocenters. The number of likely N-dealkylation sites (tertiary alicyclic amines) is 1. The summed E-state index contributed by atoms with van der Waals surface area (Å²) in [7, 11) is 0. The summed E-state index contributed by atoms with van der Waals surface area (Å²) in [5.41, 5.74) is 6.63. The first kappa shape index (κ1) is 18.5. The van der Waals surface area contributed by atoms with E-state index in [0.29, 0.717) is 28.2 Å². The minimum absolute atomic E-state index is 0. The van der Waals surface area contributed by atoms with Crippen LogP contribution >= 0.6 is 35.6 Å². The third-order valence-corrected chi connectivity index (χ3v) is 4.37. The molecule has 2 rings (SSSR count). The van der Waals surface area contributed by atoms with Crippen LogP contribution in [0.25, 0.3) is 0 Å². The van der Waals surface area contributed by atoms with Gasteiger partial charge in [0.05, 0.1) is 16.6 Å². The van der Waals surface area contributed by atoms with Crippen LogP contribution in [0.1, 0.15) is 13.3 Å². The van der Waals surface area contributed by atoms with Crippen molar-refractivity contribution in [1.82, 2.24) is 4.90 Å². The average Bonchev–Trinajstić information content (AvgIpc) is 2.38. The van der Waals surface area contributed by atoms with Crippen LogP contribution < -0.4 is 11.1 Å². The van der Waals surface area contributed by atoms with Crippen LogP contribution in [-0.2, 0) is 4.79 Å². The predicted molar refractivity (Wildman–Crippen MR) is 90.5 cm³/mol. The number of piperidine rings is 1. The molecule has 1 aliphatic heterocycles. The van der Waals surface area contributed by atoms with E-state index in [1.807, 2.05) is 0 Å². The molecule has 0 radical (unpaired) electrons. The third-order valence-electron chi connectivity index (χ3n) is 3.63. The van der Waals surface area contributed by atoms with Gasteiger partial charge in [0.25, 0.3) is 0 Å². The molecule has 1 aromatic carbocycles. The van der Waals surface area contributed by atoms with Crippen LogP contribution in [0, 0.1) is 5.92 Å². The minimum Gasteiger partial charge on any atom is -0.327 e. The lowest BCUT2D eigenvalue weighted by Crippen LogP contribution is -2.48. The highest BCUT2D eigenvalue weighted by molar-refractivity contribution is 6.42. The number of hydrogen-bond acceptors (Lipinski definition) is 3. The fraction of sp³-hybridized carbons (Fsp3) is 0.500.